The lowest BCUT2D eigenvalue weighted by Crippen LogP contribution is -2.25. The fourth-order valence-electron chi connectivity index (χ4n) is 1.46. The van der Waals surface area contributed by atoms with Crippen LogP contribution in [0.4, 0.5) is 0 Å². The molecule has 72 valence electrons. The molecule has 2 heterocycles. The molecule has 1 aliphatic rings. The molecule has 14 heavy (non-hydrogen) atoms. The Labute approximate surface area is 85.1 Å². The first-order valence-electron chi connectivity index (χ1n) is 4.70. The summed E-state index contributed by atoms with van der Waals surface area (Å²) < 4.78 is 1.14. The molecule has 1 saturated carbocycles. The van der Waals surface area contributed by atoms with Crippen molar-refractivity contribution in [2.45, 2.75) is 18.9 Å². The smallest absolute Gasteiger partial charge is 0.267 e. The van der Waals surface area contributed by atoms with Crippen LogP contribution in [0.15, 0.2) is 17.5 Å². The van der Waals surface area contributed by atoms with Gasteiger partial charge < -0.3 is 10.3 Å². The molecule has 4 heteroatoms. The lowest BCUT2D eigenvalue weighted by atomic mass is 10.4. The number of carbonyl (C=O) groups is 1. The number of nitrogens with one attached hydrogen (secondary N) is 2. The van der Waals surface area contributed by atoms with Crippen molar-refractivity contribution in [1.82, 2.24) is 10.3 Å². The van der Waals surface area contributed by atoms with E-state index in [0.29, 0.717) is 11.7 Å². The molecule has 0 radical (unpaired) electrons. The van der Waals surface area contributed by atoms with Crippen molar-refractivity contribution in [2.75, 3.05) is 0 Å². The molecule has 0 aliphatic heterocycles. The summed E-state index contributed by atoms with van der Waals surface area (Å²) in [6.45, 7) is 0. The first-order valence-corrected chi connectivity index (χ1v) is 5.58. The molecular formula is C10H10N2OS. The number of aromatic amines is 1. The van der Waals surface area contributed by atoms with Gasteiger partial charge in [-0.05, 0) is 30.4 Å². The van der Waals surface area contributed by atoms with Crippen LogP contribution >= 0.6 is 11.3 Å². The third kappa shape index (κ3) is 1.32. The quantitative estimate of drug-likeness (QED) is 0.776. The number of carbonyl (C=O) groups excluding carboxylic acids is 1. The van der Waals surface area contributed by atoms with Crippen LogP contribution in [-0.4, -0.2) is 16.9 Å². The Balaban J connectivity index is 1.88. The van der Waals surface area contributed by atoms with Gasteiger partial charge in [-0.25, -0.2) is 0 Å². The molecule has 0 saturated heterocycles. The van der Waals surface area contributed by atoms with Gasteiger partial charge in [0.1, 0.15) is 5.69 Å². The monoisotopic (exact) mass is 206 g/mol. The lowest BCUT2D eigenvalue weighted by Gasteiger charge is -1.98. The zero-order valence-electron chi connectivity index (χ0n) is 7.54. The maximum absolute atomic E-state index is 11.6. The number of fused-ring (bicyclic) bond motifs is 1. The largest absolute Gasteiger partial charge is 0.350 e. The molecule has 3 rings (SSSR count). The van der Waals surface area contributed by atoms with Gasteiger partial charge in [0, 0.05) is 6.04 Å². The third-order valence-corrected chi connectivity index (χ3v) is 3.26. The summed E-state index contributed by atoms with van der Waals surface area (Å²) >= 11 is 1.65. The molecule has 2 aromatic heterocycles. The zero-order chi connectivity index (χ0) is 9.54. The second kappa shape index (κ2) is 2.85. The van der Waals surface area contributed by atoms with E-state index in [0.717, 1.165) is 23.1 Å². The number of hydrogen-bond donors (Lipinski definition) is 2. The van der Waals surface area contributed by atoms with Crippen LogP contribution in [0, 0.1) is 0 Å². The van der Waals surface area contributed by atoms with Gasteiger partial charge in [0.25, 0.3) is 5.91 Å². The van der Waals surface area contributed by atoms with Crippen molar-refractivity contribution in [3.8, 4) is 0 Å². The van der Waals surface area contributed by atoms with Crippen LogP contribution in [0.25, 0.3) is 10.2 Å². The van der Waals surface area contributed by atoms with Crippen molar-refractivity contribution in [1.29, 1.82) is 0 Å². The molecule has 1 fully saturated rings. The molecule has 0 aromatic carbocycles. The minimum atomic E-state index is 0.0240. The molecule has 2 aromatic rings. The summed E-state index contributed by atoms with van der Waals surface area (Å²) in [5, 5.41) is 4.97. The highest BCUT2D eigenvalue weighted by Gasteiger charge is 2.24. The minimum absolute atomic E-state index is 0.0240. The Hall–Kier alpha value is -1.29. The van der Waals surface area contributed by atoms with E-state index in [1.54, 1.807) is 11.3 Å². The Morgan fingerprint density at radius 3 is 3.14 bits per heavy atom. The van der Waals surface area contributed by atoms with E-state index >= 15 is 0 Å². The van der Waals surface area contributed by atoms with Crippen LogP contribution in [0.2, 0.25) is 0 Å². The van der Waals surface area contributed by atoms with Gasteiger partial charge in [0.2, 0.25) is 0 Å². The minimum Gasteiger partial charge on any atom is -0.350 e. The van der Waals surface area contributed by atoms with Gasteiger partial charge >= 0.3 is 0 Å². The first kappa shape index (κ1) is 8.05. The highest BCUT2D eigenvalue weighted by molar-refractivity contribution is 7.17. The number of hydrogen-bond acceptors (Lipinski definition) is 2. The normalized spacial score (nSPS) is 16.0. The predicted molar refractivity (Wildman–Crippen MR) is 56.7 cm³/mol. The highest BCUT2D eigenvalue weighted by Crippen LogP contribution is 2.23. The summed E-state index contributed by atoms with van der Waals surface area (Å²) in [5.74, 6) is 0.0240. The van der Waals surface area contributed by atoms with E-state index in [9.17, 15) is 4.79 Å². The van der Waals surface area contributed by atoms with Crippen molar-refractivity contribution < 1.29 is 4.79 Å². The van der Waals surface area contributed by atoms with Gasteiger partial charge in [-0.3, -0.25) is 4.79 Å². The Morgan fingerprint density at radius 2 is 2.43 bits per heavy atom. The summed E-state index contributed by atoms with van der Waals surface area (Å²) in [6, 6.07) is 4.33. The van der Waals surface area contributed by atoms with E-state index in [4.69, 9.17) is 0 Å². The molecule has 1 amide bonds. The molecule has 0 spiro atoms. The topological polar surface area (TPSA) is 44.9 Å². The molecule has 0 atom stereocenters. The van der Waals surface area contributed by atoms with E-state index < -0.39 is 0 Å². The van der Waals surface area contributed by atoms with E-state index in [2.05, 4.69) is 10.3 Å². The Morgan fingerprint density at radius 1 is 1.57 bits per heavy atom. The number of H-pyrrole nitrogens is 1. The Kier molecular flexibility index (Phi) is 1.64. The average molecular weight is 206 g/mol. The average Bonchev–Trinajstić information content (AvgIpc) is 2.73. The van der Waals surface area contributed by atoms with E-state index in [1.807, 2.05) is 17.5 Å². The van der Waals surface area contributed by atoms with Crippen molar-refractivity contribution in [3.63, 3.8) is 0 Å². The van der Waals surface area contributed by atoms with Crippen molar-refractivity contribution in [3.05, 3.63) is 23.2 Å². The van der Waals surface area contributed by atoms with Gasteiger partial charge in [0.15, 0.2) is 0 Å². The van der Waals surface area contributed by atoms with Gasteiger partial charge in [-0.15, -0.1) is 11.3 Å². The second-order valence-corrected chi connectivity index (χ2v) is 4.58. The fourth-order valence-corrected chi connectivity index (χ4v) is 2.24. The van der Waals surface area contributed by atoms with Crippen molar-refractivity contribution in [2.24, 2.45) is 0 Å². The van der Waals surface area contributed by atoms with Gasteiger partial charge in [-0.1, -0.05) is 0 Å². The van der Waals surface area contributed by atoms with Crippen LogP contribution in [-0.2, 0) is 0 Å². The van der Waals surface area contributed by atoms with Crippen LogP contribution in [0.5, 0.6) is 0 Å². The van der Waals surface area contributed by atoms with Gasteiger partial charge in [0.05, 0.1) is 10.2 Å². The van der Waals surface area contributed by atoms with Crippen molar-refractivity contribution >= 4 is 27.5 Å². The summed E-state index contributed by atoms with van der Waals surface area (Å²) in [5.41, 5.74) is 1.73. The molecule has 0 unspecified atom stereocenters. The summed E-state index contributed by atoms with van der Waals surface area (Å²) in [7, 11) is 0. The van der Waals surface area contributed by atoms with Crippen LogP contribution < -0.4 is 5.32 Å². The zero-order valence-corrected chi connectivity index (χ0v) is 8.36. The molecule has 3 nitrogen and oxygen atoms in total. The fraction of sp³-hybridized carbons (Fsp3) is 0.300. The Bertz CT molecular complexity index is 452. The maximum atomic E-state index is 11.6. The summed E-state index contributed by atoms with van der Waals surface area (Å²) in [6.07, 6.45) is 2.25. The second-order valence-electron chi connectivity index (χ2n) is 3.63. The SMILES string of the molecule is O=C(NC1CC1)c1cc2sccc2[nH]1. The molecule has 0 bridgehead atoms. The summed E-state index contributed by atoms with van der Waals surface area (Å²) in [4.78, 5) is 14.7. The molecule has 1 aliphatic carbocycles. The van der Waals surface area contributed by atoms with Crippen LogP contribution in [0.3, 0.4) is 0 Å². The van der Waals surface area contributed by atoms with Gasteiger partial charge in [-0.2, -0.15) is 0 Å². The standard InChI is InChI=1S/C10H10N2OS/c13-10(11-6-1-2-6)8-5-9-7(12-8)3-4-14-9/h3-6,12H,1-2H2,(H,11,13). The van der Waals surface area contributed by atoms with E-state index in [-0.39, 0.29) is 5.91 Å². The number of aromatic nitrogens is 1. The first-order chi connectivity index (χ1) is 6.83. The maximum Gasteiger partial charge on any atom is 0.267 e. The van der Waals surface area contributed by atoms with E-state index in [1.165, 1.54) is 0 Å². The van der Waals surface area contributed by atoms with Crippen LogP contribution in [0.1, 0.15) is 23.3 Å². The third-order valence-electron chi connectivity index (χ3n) is 2.40. The number of thiophene rings is 1. The molecule has 2 N–H and O–H groups in total. The predicted octanol–water partition coefficient (Wildman–Crippen LogP) is 2.12. The number of amides is 1. The molecular weight excluding hydrogens is 196 g/mol. The highest BCUT2D eigenvalue weighted by atomic mass is 32.1. The lowest BCUT2D eigenvalue weighted by molar-refractivity contribution is 0.0947. The number of rotatable bonds is 2.